The molecule has 116 valence electrons. The molecule has 1 aliphatic rings. The Morgan fingerprint density at radius 3 is 2.86 bits per heavy atom. The Hall–Kier alpha value is -2.07. The standard InChI is InChI=1S/C18H21NO3/c1-4-21-17(20)10-9-13-11-19(18(2,3)16-12-22-16)15-8-6-5-7-14(13)15/h5-11,16H,4,12H2,1-3H3/b10-9+/t16-/m0/s1. The highest BCUT2D eigenvalue weighted by Gasteiger charge is 2.41. The zero-order valence-corrected chi connectivity index (χ0v) is 13.2. The van der Waals surface area contributed by atoms with Crippen molar-refractivity contribution in [3.63, 3.8) is 0 Å². The van der Waals surface area contributed by atoms with Crippen LogP contribution in [0.25, 0.3) is 17.0 Å². The maximum Gasteiger partial charge on any atom is 0.330 e. The normalized spacial score (nSPS) is 18.0. The van der Waals surface area contributed by atoms with E-state index in [-0.39, 0.29) is 17.6 Å². The van der Waals surface area contributed by atoms with Crippen LogP contribution in [0.5, 0.6) is 0 Å². The van der Waals surface area contributed by atoms with Gasteiger partial charge in [-0.3, -0.25) is 0 Å². The number of fused-ring (bicyclic) bond motifs is 1. The first kappa shape index (κ1) is 14.9. The molecule has 4 nitrogen and oxygen atoms in total. The highest BCUT2D eigenvalue weighted by molar-refractivity contribution is 5.94. The molecule has 1 saturated heterocycles. The van der Waals surface area contributed by atoms with Crippen LogP contribution in [0.3, 0.4) is 0 Å². The molecule has 2 aromatic rings. The minimum Gasteiger partial charge on any atom is -0.463 e. The van der Waals surface area contributed by atoms with Gasteiger partial charge in [-0.2, -0.15) is 0 Å². The van der Waals surface area contributed by atoms with Crippen molar-refractivity contribution in [2.75, 3.05) is 13.2 Å². The van der Waals surface area contributed by atoms with Crippen molar-refractivity contribution in [1.29, 1.82) is 0 Å². The molecular weight excluding hydrogens is 278 g/mol. The summed E-state index contributed by atoms with van der Waals surface area (Å²) >= 11 is 0. The van der Waals surface area contributed by atoms with Crippen LogP contribution in [0.15, 0.2) is 36.5 Å². The van der Waals surface area contributed by atoms with E-state index in [2.05, 4.69) is 36.7 Å². The molecule has 0 bridgehead atoms. The Morgan fingerprint density at radius 1 is 1.45 bits per heavy atom. The Kier molecular flexibility index (Phi) is 3.79. The third-order valence-electron chi connectivity index (χ3n) is 4.17. The number of hydrogen-bond donors (Lipinski definition) is 0. The molecule has 0 amide bonds. The second-order valence-electron chi connectivity index (χ2n) is 6.03. The van der Waals surface area contributed by atoms with Gasteiger partial charge in [-0.05, 0) is 32.9 Å². The molecule has 2 heterocycles. The van der Waals surface area contributed by atoms with Crippen LogP contribution in [-0.4, -0.2) is 29.9 Å². The van der Waals surface area contributed by atoms with Crippen LogP contribution in [0.1, 0.15) is 26.3 Å². The van der Waals surface area contributed by atoms with Crippen LogP contribution in [0, 0.1) is 0 Å². The lowest BCUT2D eigenvalue weighted by molar-refractivity contribution is -0.137. The van der Waals surface area contributed by atoms with Gasteiger partial charge >= 0.3 is 5.97 Å². The lowest BCUT2D eigenvalue weighted by Gasteiger charge is -2.26. The molecule has 0 spiro atoms. The van der Waals surface area contributed by atoms with E-state index in [0.717, 1.165) is 23.1 Å². The predicted molar refractivity (Wildman–Crippen MR) is 86.7 cm³/mol. The summed E-state index contributed by atoms with van der Waals surface area (Å²) in [5, 5.41) is 1.12. The van der Waals surface area contributed by atoms with E-state index in [1.807, 2.05) is 18.2 Å². The molecule has 0 aliphatic carbocycles. The molecule has 3 rings (SSSR count). The number of benzene rings is 1. The van der Waals surface area contributed by atoms with Crippen LogP contribution < -0.4 is 0 Å². The number of nitrogens with zero attached hydrogens (tertiary/aromatic N) is 1. The quantitative estimate of drug-likeness (QED) is 0.483. The number of carbonyl (C=O) groups is 1. The molecule has 1 aromatic heterocycles. The topological polar surface area (TPSA) is 43.8 Å². The smallest absolute Gasteiger partial charge is 0.330 e. The molecule has 1 fully saturated rings. The number of ether oxygens (including phenoxy) is 2. The van der Waals surface area contributed by atoms with Crippen LogP contribution in [0.4, 0.5) is 0 Å². The number of rotatable bonds is 5. The van der Waals surface area contributed by atoms with Crippen LogP contribution in [0.2, 0.25) is 0 Å². The molecular formula is C18H21NO3. The van der Waals surface area contributed by atoms with Crippen LogP contribution >= 0.6 is 0 Å². The van der Waals surface area contributed by atoms with Gasteiger partial charge in [-0.1, -0.05) is 18.2 Å². The summed E-state index contributed by atoms with van der Waals surface area (Å²) in [6.07, 6.45) is 5.63. The van der Waals surface area contributed by atoms with Gasteiger partial charge in [0.2, 0.25) is 0 Å². The predicted octanol–water partition coefficient (Wildman–Crippen LogP) is 3.35. The van der Waals surface area contributed by atoms with Gasteiger partial charge in [0.1, 0.15) is 6.10 Å². The van der Waals surface area contributed by atoms with Crippen molar-refractivity contribution < 1.29 is 14.3 Å². The summed E-state index contributed by atoms with van der Waals surface area (Å²) in [6, 6.07) is 8.21. The number of esters is 1. The fourth-order valence-corrected chi connectivity index (χ4v) is 2.77. The van der Waals surface area contributed by atoms with Crippen molar-refractivity contribution in [2.45, 2.75) is 32.4 Å². The number of hydrogen-bond acceptors (Lipinski definition) is 3. The average molecular weight is 299 g/mol. The van der Waals surface area contributed by atoms with Gasteiger partial charge in [-0.25, -0.2) is 4.79 Å². The SMILES string of the molecule is CCOC(=O)/C=C/c1cn(C(C)(C)[C@@H]2CO2)c2ccccc12. The van der Waals surface area contributed by atoms with Crippen molar-refractivity contribution in [3.8, 4) is 0 Å². The third-order valence-corrected chi connectivity index (χ3v) is 4.17. The zero-order valence-electron chi connectivity index (χ0n) is 13.2. The van der Waals surface area contributed by atoms with E-state index < -0.39 is 0 Å². The van der Waals surface area contributed by atoms with Crippen molar-refractivity contribution in [2.24, 2.45) is 0 Å². The van der Waals surface area contributed by atoms with Gasteiger partial charge in [0.05, 0.1) is 18.8 Å². The van der Waals surface area contributed by atoms with Gasteiger partial charge < -0.3 is 14.0 Å². The van der Waals surface area contributed by atoms with Crippen molar-refractivity contribution in [1.82, 2.24) is 4.57 Å². The maximum atomic E-state index is 11.5. The zero-order chi connectivity index (χ0) is 15.7. The second-order valence-corrected chi connectivity index (χ2v) is 6.03. The fourth-order valence-electron chi connectivity index (χ4n) is 2.77. The summed E-state index contributed by atoms with van der Waals surface area (Å²) in [7, 11) is 0. The molecule has 22 heavy (non-hydrogen) atoms. The summed E-state index contributed by atoms with van der Waals surface area (Å²) in [6.45, 7) is 7.34. The van der Waals surface area contributed by atoms with E-state index in [1.54, 1.807) is 6.92 Å². The fraction of sp³-hybridized carbons (Fsp3) is 0.389. The Bertz CT molecular complexity index is 723. The lowest BCUT2D eigenvalue weighted by atomic mass is 10.0. The van der Waals surface area contributed by atoms with Crippen LogP contribution in [-0.2, 0) is 19.8 Å². The number of epoxide rings is 1. The second kappa shape index (κ2) is 5.61. The minimum absolute atomic E-state index is 0.115. The highest BCUT2D eigenvalue weighted by Crippen LogP contribution is 2.36. The Labute approximate surface area is 130 Å². The summed E-state index contributed by atoms with van der Waals surface area (Å²) < 4.78 is 12.7. The largest absolute Gasteiger partial charge is 0.463 e. The number of aromatic nitrogens is 1. The summed E-state index contributed by atoms with van der Waals surface area (Å²) in [5.74, 6) is -0.316. The molecule has 1 atom stereocenters. The van der Waals surface area contributed by atoms with E-state index >= 15 is 0 Å². The first-order valence-corrected chi connectivity index (χ1v) is 7.61. The van der Waals surface area contributed by atoms with Gasteiger partial charge in [-0.15, -0.1) is 0 Å². The first-order chi connectivity index (χ1) is 10.5. The first-order valence-electron chi connectivity index (χ1n) is 7.61. The highest BCUT2D eigenvalue weighted by atomic mass is 16.6. The Balaban J connectivity index is 2.03. The molecule has 0 unspecified atom stereocenters. The molecule has 1 aliphatic heterocycles. The van der Waals surface area contributed by atoms with E-state index in [1.165, 1.54) is 6.08 Å². The lowest BCUT2D eigenvalue weighted by Crippen LogP contribution is -2.31. The average Bonchev–Trinajstić information content (AvgIpc) is 3.28. The van der Waals surface area contributed by atoms with Crippen molar-refractivity contribution in [3.05, 3.63) is 42.1 Å². The maximum absolute atomic E-state index is 11.5. The molecule has 1 aromatic carbocycles. The number of carbonyl (C=O) groups excluding carboxylic acids is 1. The molecule has 0 N–H and O–H groups in total. The Morgan fingerprint density at radius 2 is 2.18 bits per heavy atom. The summed E-state index contributed by atoms with van der Waals surface area (Å²) in [4.78, 5) is 11.5. The molecule has 4 heteroatoms. The van der Waals surface area contributed by atoms with Gasteiger partial charge in [0.15, 0.2) is 0 Å². The van der Waals surface area contributed by atoms with E-state index in [0.29, 0.717) is 6.61 Å². The van der Waals surface area contributed by atoms with E-state index in [9.17, 15) is 4.79 Å². The minimum atomic E-state index is -0.316. The molecule has 0 saturated carbocycles. The van der Waals surface area contributed by atoms with Crippen molar-refractivity contribution >= 4 is 22.9 Å². The van der Waals surface area contributed by atoms with E-state index in [4.69, 9.17) is 9.47 Å². The van der Waals surface area contributed by atoms with Gasteiger partial charge in [0.25, 0.3) is 0 Å². The summed E-state index contributed by atoms with van der Waals surface area (Å²) in [5.41, 5.74) is 2.04. The number of para-hydroxylation sites is 1. The monoisotopic (exact) mass is 299 g/mol. The third kappa shape index (κ3) is 2.66. The molecule has 0 radical (unpaired) electrons. The van der Waals surface area contributed by atoms with Gasteiger partial charge in [0, 0.05) is 28.7 Å².